The van der Waals surface area contributed by atoms with E-state index in [1.807, 2.05) is 17.8 Å². The molecule has 0 radical (unpaired) electrons. The molecule has 3 rings (SSSR count). The van der Waals surface area contributed by atoms with Crippen LogP contribution in [-0.2, 0) is 0 Å². The van der Waals surface area contributed by atoms with Crippen LogP contribution in [0.1, 0.15) is 30.9 Å². The third kappa shape index (κ3) is 2.23. The molecule has 0 aromatic heterocycles. The van der Waals surface area contributed by atoms with Crippen LogP contribution >= 0.6 is 27.7 Å². The Hall–Kier alpha value is -0.190. The number of nitrogens with two attached hydrogens (primary N) is 1. The van der Waals surface area contributed by atoms with E-state index in [4.69, 9.17) is 10.5 Å². The minimum atomic E-state index is -0.0177. The quantitative estimate of drug-likeness (QED) is 0.796. The number of halogens is 1. The summed E-state index contributed by atoms with van der Waals surface area (Å²) in [5, 5.41) is 0. The highest BCUT2D eigenvalue weighted by molar-refractivity contribution is 9.10. The van der Waals surface area contributed by atoms with Crippen molar-refractivity contribution >= 4 is 27.7 Å². The van der Waals surface area contributed by atoms with Crippen LogP contribution in [0.25, 0.3) is 0 Å². The van der Waals surface area contributed by atoms with Crippen molar-refractivity contribution in [3.05, 3.63) is 28.2 Å². The van der Waals surface area contributed by atoms with E-state index in [0.717, 1.165) is 34.4 Å². The maximum absolute atomic E-state index is 6.30. The molecule has 0 bridgehead atoms. The molecule has 2 atom stereocenters. The molecule has 0 saturated carbocycles. The van der Waals surface area contributed by atoms with E-state index in [-0.39, 0.29) is 11.6 Å². The van der Waals surface area contributed by atoms with Gasteiger partial charge >= 0.3 is 0 Å². The van der Waals surface area contributed by atoms with Crippen LogP contribution in [0, 0.1) is 0 Å². The molecule has 4 heteroatoms. The number of fused-ring (bicyclic) bond motifs is 1. The van der Waals surface area contributed by atoms with E-state index in [0.29, 0.717) is 0 Å². The fourth-order valence-corrected chi connectivity index (χ4v) is 4.28. The van der Waals surface area contributed by atoms with Gasteiger partial charge < -0.3 is 10.5 Å². The maximum atomic E-state index is 6.30. The number of hydrogen-bond donors (Lipinski definition) is 1. The van der Waals surface area contributed by atoms with Gasteiger partial charge in [0.25, 0.3) is 0 Å². The SMILES string of the molecule is N[C@@H]1CC2(CCCSC2)Oc2cc(Br)ccc21. The Morgan fingerprint density at radius 3 is 3.12 bits per heavy atom. The predicted molar refractivity (Wildman–Crippen MR) is 75.6 cm³/mol. The van der Waals surface area contributed by atoms with Gasteiger partial charge in [-0.1, -0.05) is 22.0 Å². The fraction of sp³-hybridized carbons (Fsp3) is 0.538. The lowest BCUT2D eigenvalue weighted by Gasteiger charge is -2.43. The third-order valence-electron chi connectivity index (χ3n) is 3.58. The second-order valence-corrected chi connectivity index (χ2v) is 6.95. The summed E-state index contributed by atoms with van der Waals surface area (Å²) in [5.74, 6) is 3.30. The first-order valence-corrected chi connectivity index (χ1v) is 7.95. The van der Waals surface area contributed by atoms with E-state index in [2.05, 4.69) is 28.1 Å². The summed E-state index contributed by atoms with van der Waals surface area (Å²) in [7, 11) is 0. The maximum Gasteiger partial charge on any atom is 0.126 e. The number of ether oxygens (including phenoxy) is 1. The molecule has 1 aromatic rings. The van der Waals surface area contributed by atoms with Gasteiger partial charge in [0, 0.05) is 28.3 Å². The molecule has 2 heterocycles. The smallest absolute Gasteiger partial charge is 0.126 e. The molecule has 0 amide bonds. The summed E-state index contributed by atoms with van der Waals surface area (Å²) in [6.45, 7) is 0. The van der Waals surface area contributed by atoms with Crippen LogP contribution in [0.15, 0.2) is 22.7 Å². The van der Waals surface area contributed by atoms with Gasteiger partial charge in [-0.3, -0.25) is 0 Å². The van der Waals surface area contributed by atoms with Gasteiger partial charge in [-0.2, -0.15) is 11.8 Å². The Morgan fingerprint density at radius 1 is 1.47 bits per heavy atom. The van der Waals surface area contributed by atoms with Crippen molar-refractivity contribution in [2.45, 2.75) is 30.9 Å². The van der Waals surface area contributed by atoms with Gasteiger partial charge in [0.05, 0.1) is 0 Å². The van der Waals surface area contributed by atoms with E-state index in [1.54, 1.807) is 0 Å². The van der Waals surface area contributed by atoms with Crippen molar-refractivity contribution in [3.8, 4) is 5.75 Å². The minimum Gasteiger partial charge on any atom is -0.486 e. The van der Waals surface area contributed by atoms with Gasteiger partial charge in [0.15, 0.2) is 0 Å². The Labute approximate surface area is 114 Å². The van der Waals surface area contributed by atoms with Crippen molar-refractivity contribution in [1.82, 2.24) is 0 Å². The lowest BCUT2D eigenvalue weighted by atomic mass is 9.85. The third-order valence-corrected chi connectivity index (χ3v) is 5.38. The Balaban J connectivity index is 1.95. The van der Waals surface area contributed by atoms with Gasteiger partial charge in [-0.25, -0.2) is 0 Å². The highest BCUT2D eigenvalue weighted by Crippen LogP contribution is 2.44. The number of benzene rings is 1. The molecule has 1 aromatic carbocycles. The molecular weight excluding hydrogens is 298 g/mol. The molecule has 1 saturated heterocycles. The number of thioether (sulfide) groups is 1. The Morgan fingerprint density at radius 2 is 2.35 bits per heavy atom. The summed E-state index contributed by atoms with van der Waals surface area (Å²) in [5.41, 5.74) is 7.43. The molecule has 1 unspecified atom stereocenters. The first kappa shape index (κ1) is 11.9. The van der Waals surface area contributed by atoms with Crippen molar-refractivity contribution in [1.29, 1.82) is 0 Å². The van der Waals surface area contributed by atoms with Crippen molar-refractivity contribution in [2.75, 3.05) is 11.5 Å². The summed E-state index contributed by atoms with van der Waals surface area (Å²) in [6, 6.07) is 6.28. The second-order valence-electron chi connectivity index (χ2n) is 4.93. The fourth-order valence-electron chi connectivity index (χ4n) is 2.76. The zero-order valence-corrected chi connectivity index (χ0v) is 12.0. The van der Waals surface area contributed by atoms with E-state index in [1.165, 1.54) is 12.2 Å². The normalized spacial score (nSPS) is 32.0. The summed E-state index contributed by atoms with van der Waals surface area (Å²) >= 11 is 5.49. The predicted octanol–water partition coefficient (Wildman–Crippen LogP) is 3.50. The van der Waals surface area contributed by atoms with Crippen molar-refractivity contribution in [3.63, 3.8) is 0 Å². The lowest BCUT2D eigenvalue weighted by molar-refractivity contribution is 0.0471. The summed E-state index contributed by atoms with van der Waals surface area (Å²) < 4.78 is 7.34. The van der Waals surface area contributed by atoms with E-state index >= 15 is 0 Å². The van der Waals surface area contributed by atoms with Gasteiger partial charge in [0.2, 0.25) is 0 Å². The largest absolute Gasteiger partial charge is 0.486 e. The average molecular weight is 314 g/mol. The average Bonchev–Trinajstić information content (AvgIpc) is 2.29. The number of hydrogen-bond acceptors (Lipinski definition) is 3. The van der Waals surface area contributed by atoms with Crippen LogP contribution in [0.5, 0.6) is 5.75 Å². The highest BCUT2D eigenvalue weighted by Gasteiger charge is 2.41. The number of rotatable bonds is 0. The molecule has 2 aliphatic heterocycles. The van der Waals surface area contributed by atoms with Crippen LogP contribution < -0.4 is 10.5 Å². The van der Waals surface area contributed by atoms with E-state index in [9.17, 15) is 0 Å². The minimum absolute atomic E-state index is 0.0177. The first-order chi connectivity index (χ1) is 8.19. The molecule has 92 valence electrons. The van der Waals surface area contributed by atoms with Gasteiger partial charge in [-0.05, 0) is 30.7 Å². The molecule has 0 aliphatic carbocycles. The molecule has 2 N–H and O–H groups in total. The standard InChI is InChI=1S/C13H16BrNOS/c14-9-2-3-10-11(15)7-13(16-12(10)6-9)4-1-5-17-8-13/h2-3,6,11H,1,4-5,7-8,15H2/t11-,13?/m1/s1. The Kier molecular flexibility index (Phi) is 3.13. The topological polar surface area (TPSA) is 35.2 Å². The molecule has 17 heavy (non-hydrogen) atoms. The monoisotopic (exact) mass is 313 g/mol. The lowest BCUT2D eigenvalue weighted by Crippen LogP contribution is -2.46. The zero-order valence-electron chi connectivity index (χ0n) is 9.62. The van der Waals surface area contributed by atoms with Gasteiger partial charge in [0.1, 0.15) is 11.4 Å². The van der Waals surface area contributed by atoms with E-state index < -0.39 is 0 Å². The first-order valence-electron chi connectivity index (χ1n) is 6.00. The molecule has 2 aliphatic rings. The zero-order chi connectivity index (χ0) is 11.9. The van der Waals surface area contributed by atoms with Crippen LogP contribution in [0.3, 0.4) is 0 Å². The van der Waals surface area contributed by atoms with Crippen LogP contribution in [0.4, 0.5) is 0 Å². The summed E-state index contributed by atoms with van der Waals surface area (Å²) in [6.07, 6.45) is 3.33. The second kappa shape index (κ2) is 4.48. The molecule has 1 spiro atoms. The van der Waals surface area contributed by atoms with Crippen LogP contribution in [0.2, 0.25) is 0 Å². The molecular formula is C13H16BrNOS. The Bertz CT molecular complexity index is 431. The van der Waals surface area contributed by atoms with Gasteiger partial charge in [-0.15, -0.1) is 0 Å². The van der Waals surface area contributed by atoms with Crippen molar-refractivity contribution in [2.24, 2.45) is 5.73 Å². The van der Waals surface area contributed by atoms with Crippen LogP contribution in [-0.4, -0.2) is 17.1 Å². The van der Waals surface area contributed by atoms with Crippen molar-refractivity contribution < 1.29 is 4.74 Å². The summed E-state index contributed by atoms with van der Waals surface area (Å²) in [4.78, 5) is 0. The highest BCUT2D eigenvalue weighted by atomic mass is 79.9. The molecule has 2 nitrogen and oxygen atoms in total. The molecule has 1 fully saturated rings.